The molecule has 0 bridgehead atoms. The Morgan fingerprint density at radius 1 is 1.00 bits per heavy atom. The number of likely N-dealkylation sites (tertiary alicyclic amines) is 1. The molecule has 31 heavy (non-hydrogen) atoms. The molecule has 0 spiro atoms. The second-order valence-electron chi connectivity index (χ2n) is 8.11. The molecule has 2 aromatic carbocycles. The molecule has 2 aliphatic heterocycles. The molecule has 0 aromatic heterocycles. The number of hydrogen-bond donors (Lipinski definition) is 1. The smallest absolute Gasteiger partial charge is 0.321 e. The van der Waals surface area contributed by atoms with Gasteiger partial charge < -0.3 is 19.9 Å². The Kier molecular flexibility index (Phi) is 6.21. The summed E-state index contributed by atoms with van der Waals surface area (Å²) in [5, 5.41) is 2.86. The highest BCUT2D eigenvalue weighted by molar-refractivity contribution is 5.97. The van der Waals surface area contributed by atoms with Crippen molar-refractivity contribution in [3.05, 3.63) is 60.2 Å². The first-order valence-corrected chi connectivity index (χ1v) is 10.7. The molecule has 1 N–H and O–H groups in total. The summed E-state index contributed by atoms with van der Waals surface area (Å²) in [6, 6.07) is 17.0. The van der Waals surface area contributed by atoms with Gasteiger partial charge in [-0.3, -0.25) is 9.59 Å². The molecule has 0 saturated carbocycles. The summed E-state index contributed by atoms with van der Waals surface area (Å²) in [4.78, 5) is 41.0. The number of amides is 3. The van der Waals surface area contributed by atoms with E-state index in [-0.39, 0.29) is 36.5 Å². The number of nitrogens with zero attached hydrogens (tertiary/aromatic N) is 2. The van der Waals surface area contributed by atoms with Crippen LogP contribution in [0.1, 0.15) is 25.3 Å². The van der Waals surface area contributed by atoms with E-state index < -0.39 is 0 Å². The van der Waals surface area contributed by atoms with Crippen LogP contribution in [0.4, 0.5) is 16.2 Å². The molecule has 162 valence electrons. The first-order chi connectivity index (χ1) is 15.0. The first kappa shape index (κ1) is 20.9. The van der Waals surface area contributed by atoms with Crippen molar-refractivity contribution in [3.8, 4) is 0 Å². The molecule has 2 aliphatic rings. The Hall–Kier alpha value is -3.35. The van der Waals surface area contributed by atoms with E-state index >= 15 is 0 Å². The number of urea groups is 1. The van der Waals surface area contributed by atoms with Crippen molar-refractivity contribution in [2.24, 2.45) is 5.92 Å². The zero-order valence-electron chi connectivity index (χ0n) is 17.6. The van der Waals surface area contributed by atoms with Gasteiger partial charge in [0.05, 0.1) is 5.92 Å². The molecule has 2 heterocycles. The number of anilines is 2. The van der Waals surface area contributed by atoms with E-state index in [1.807, 2.05) is 61.5 Å². The molecule has 1 atom stereocenters. The van der Waals surface area contributed by atoms with Crippen molar-refractivity contribution in [1.29, 1.82) is 0 Å². The molecule has 0 unspecified atom stereocenters. The van der Waals surface area contributed by atoms with Gasteiger partial charge >= 0.3 is 12.0 Å². The van der Waals surface area contributed by atoms with E-state index in [1.54, 1.807) is 9.80 Å². The van der Waals surface area contributed by atoms with Crippen molar-refractivity contribution in [3.63, 3.8) is 0 Å². The number of carbonyl (C=O) groups is 3. The molecule has 4 rings (SSSR count). The minimum absolute atomic E-state index is 0.0509. The number of esters is 1. The number of benzene rings is 2. The molecule has 1 saturated heterocycles. The van der Waals surface area contributed by atoms with Gasteiger partial charge in [0.2, 0.25) is 0 Å². The minimum Gasteiger partial charge on any atom is -0.455 e. The highest BCUT2D eigenvalue weighted by Gasteiger charge is 2.33. The summed E-state index contributed by atoms with van der Waals surface area (Å²) in [6.45, 7) is 2.69. The van der Waals surface area contributed by atoms with E-state index in [0.29, 0.717) is 25.9 Å². The fraction of sp³-hybridized carbons (Fsp3) is 0.375. The van der Waals surface area contributed by atoms with Crippen LogP contribution in [0.3, 0.4) is 0 Å². The Bertz CT molecular complexity index is 954. The third-order valence-corrected chi connectivity index (χ3v) is 5.95. The molecule has 3 amide bonds. The third-order valence-electron chi connectivity index (χ3n) is 5.95. The van der Waals surface area contributed by atoms with Gasteiger partial charge in [-0.05, 0) is 49.9 Å². The molecular formula is C24H27N3O4. The fourth-order valence-electron chi connectivity index (χ4n) is 4.31. The summed E-state index contributed by atoms with van der Waals surface area (Å²) in [5.74, 6) is -0.862. The lowest BCUT2D eigenvalue weighted by Crippen LogP contribution is -2.43. The van der Waals surface area contributed by atoms with Crippen molar-refractivity contribution in [1.82, 2.24) is 4.90 Å². The van der Waals surface area contributed by atoms with E-state index in [4.69, 9.17) is 4.74 Å². The van der Waals surface area contributed by atoms with Gasteiger partial charge in [-0.25, -0.2) is 4.79 Å². The number of hydrogen-bond acceptors (Lipinski definition) is 4. The molecule has 0 aliphatic carbocycles. The van der Waals surface area contributed by atoms with Crippen molar-refractivity contribution < 1.29 is 19.1 Å². The maximum Gasteiger partial charge on any atom is 0.321 e. The highest BCUT2D eigenvalue weighted by atomic mass is 16.5. The molecule has 2 aromatic rings. The number of carbonyl (C=O) groups excluding carboxylic acids is 3. The lowest BCUT2D eigenvalue weighted by atomic mass is 9.97. The van der Waals surface area contributed by atoms with Crippen molar-refractivity contribution in [2.75, 3.05) is 29.9 Å². The third kappa shape index (κ3) is 4.71. The number of rotatable bonds is 4. The van der Waals surface area contributed by atoms with E-state index in [0.717, 1.165) is 23.4 Å². The Morgan fingerprint density at radius 3 is 2.42 bits per heavy atom. The highest BCUT2D eigenvalue weighted by Crippen LogP contribution is 2.31. The average molecular weight is 421 g/mol. The standard InChI is InChI=1S/C24H27N3O4/c1-17-15-19-7-5-6-10-21(19)27(17)22(28)16-31-23(29)18-11-13-26(14-12-18)24(30)25-20-8-3-2-4-9-20/h2-10,17-18H,11-16H2,1H3,(H,25,30)/t17-/m0/s1. The summed E-state index contributed by atoms with van der Waals surface area (Å²) >= 11 is 0. The van der Waals surface area contributed by atoms with Crippen LogP contribution in [0, 0.1) is 5.92 Å². The van der Waals surface area contributed by atoms with Crippen molar-refractivity contribution >= 4 is 29.3 Å². The Morgan fingerprint density at radius 2 is 1.68 bits per heavy atom. The van der Waals surface area contributed by atoms with E-state index in [2.05, 4.69) is 5.32 Å². The quantitative estimate of drug-likeness (QED) is 0.767. The Balaban J connectivity index is 1.24. The van der Waals surface area contributed by atoms with Gasteiger partial charge in [-0.15, -0.1) is 0 Å². The van der Waals surface area contributed by atoms with Gasteiger partial charge in [0.1, 0.15) is 0 Å². The van der Waals surface area contributed by atoms with Crippen LogP contribution in [-0.2, 0) is 20.7 Å². The number of ether oxygens (including phenoxy) is 1. The lowest BCUT2D eigenvalue weighted by Gasteiger charge is -2.31. The van der Waals surface area contributed by atoms with Gasteiger partial charge in [-0.2, -0.15) is 0 Å². The number of piperidine rings is 1. The van der Waals surface area contributed by atoms with Gasteiger partial charge in [0, 0.05) is 30.5 Å². The second kappa shape index (κ2) is 9.20. The number of fused-ring (bicyclic) bond motifs is 1. The lowest BCUT2D eigenvalue weighted by molar-refractivity contribution is -0.153. The van der Waals surface area contributed by atoms with Gasteiger partial charge in [-0.1, -0.05) is 36.4 Å². The van der Waals surface area contributed by atoms with E-state index in [9.17, 15) is 14.4 Å². The number of nitrogens with one attached hydrogen (secondary N) is 1. The first-order valence-electron chi connectivity index (χ1n) is 10.7. The van der Waals surface area contributed by atoms with Gasteiger partial charge in [0.25, 0.3) is 5.91 Å². The number of para-hydroxylation sites is 2. The maximum absolute atomic E-state index is 12.7. The average Bonchev–Trinajstić information content (AvgIpc) is 3.13. The van der Waals surface area contributed by atoms with Crippen LogP contribution in [0.2, 0.25) is 0 Å². The zero-order valence-corrected chi connectivity index (χ0v) is 17.6. The van der Waals surface area contributed by atoms with Crippen LogP contribution in [0.25, 0.3) is 0 Å². The molecular weight excluding hydrogens is 394 g/mol. The minimum atomic E-state index is -0.364. The predicted octanol–water partition coefficient (Wildman–Crippen LogP) is 3.45. The summed E-state index contributed by atoms with van der Waals surface area (Å²) in [5.41, 5.74) is 2.77. The van der Waals surface area contributed by atoms with Crippen molar-refractivity contribution in [2.45, 2.75) is 32.2 Å². The topological polar surface area (TPSA) is 79.0 Å². The summed E-state index contributed by atoms with van der Waals surface area (Å²) in [6.07, 6.45) is 1.86. The zero-order chi connectivity index (χ0) is 21.8. The summed E-state index contributed by atoms with van der Waals surface area (Å²) in [7, 11) is 0. The molecule has 0 radical (unpaired) electrons. The van der Waals surface area contributed by atoms with Crippen LogP contribution in [0.15, 0.2) is 54.6 Å². The molecule has 1 fully saturated rings. The fourth-order valence-corrected chi connectivity index (χ4v) is 4.31. The second-order valence-corrected chi connectivity index (χ2v) is 8.11. The van der Waals surface area contributed by atoms with Crippen LogP contribution >= 0.6 is 0 Å². The van der Waals surface area contributed by atoms with Crippen LogP contribution in [0.5, 0.6) is 0 Å². The largest absolute Gasteiger partial charge is 0.455 e. The molecule has 7 nitrogen and oxygen atoms in total. The Labute approximate surface area is 182 Å². The maximum atomic E-state index is 12.7. The van der Waals surface area contributed by atoms with Gasteiger partial charge in [0.15, 0.2) is 6.61 Å². The normalized spacial score (nSPS) is 18.4. The summed E-state index contributed by atoms with van der Waals surface area (Å²) < 4.78 is 5.36. The SMILES string of the molecule is C[C@H]1Cc2ccccc2N1C(=O)COC(=O)C1CCN(C(=O)Nc2ccccc2)CC1. The predicted molar refractivity (Wildman–Crippen MR) is 118 cm³/mol. The van der Waals surface area contributed by atoms with E-state index in [1.165, 1.54) is 0 Å². The van der Waals surface area contributed by atoms with Crippen LogP contribution in [-0.4, -0.2) is 48.5 Å². The monoisotopic (exact) mass is 421 g/mol. The van der Waals surface area contributed by atoms with Crippen LogP contribution < -0.4 is 10.2 Å². The molecule has 7 heteroatoms.